The molecule has 0 aliphatic rings. The number of nitrogens with one attached hydrogen (secondary N) is 1. The summed E-state index contributed by atoms with van der Waals surface area (Å²) in [6, 6.07) is 6.78. The van der Waals surface area contributed by atoms with Gasteiger partial charge in [-0.25, -0.2) is 9.52 Å². The van der Waals surface area contributed by atoms with Gasteiger partial charge in [-0.15, -0.1) is 0 Å². The molecule has 0 bridgehead atoms. The number of hydrogen-bond donors (Lipinski definition) is 1. The summed E-state index contributed by atoms with van der Waals surface area (Å²) in [5, 5.41) is 0. The molecule has 1 aromatic rings. The van der Waals surface area contributed by atoms with Gasteiger partial charge in [0.1, 0.15) is 5.75 Å². The van der Waals surface area contributed by atoms with Crippen LogP contribution in [0.2, 0.25) is 0 Å². The van der Waals surface area contributed by atoms with Crippen molar-refractivity contribution in [2.45, 2.75) is 13.8 Å². The van der Waals surface area contributed by atoms with E-state index in [0.717, 1.165) is 18.8 Å². The van der Waals surface area contributed by atoms with E-state index in [-0.39, 0.29) is 5.75 Å². The van der Waals surface area contributed by atoms with Crippen LogP contribution >= 0.6 is 10.7 Å². The molecule has 8 heteroatoms. The van der Waals surface area contributed by atoms with Gasteiger partial charge < -0.3 is 9.64 Å². The number of nitrogens with zero attached hydrogens (tertiary/aromatic N) is 1. The molecule has 19 heavy (non-hydrogen) atoms. The molecule has 0 unspecified atom stereocenters. The van der Waals surface area contributed by atoms with E-state index < -0.39 is 15.3 Å². The summed E-state index contributed by atoms with van der Waals surface area (Å²) in [5.41, 5.74) is 0.879. The first-order valence-electron chi connectivity index (χ1n) is 5.65. The fourth-order valence-corrected chi connectivity index (χ4v) is 1.99. The summed E-state index contributed by atoms with van der Waals surface area (Å²) in [6.07, 6.45) is -1.15. The summed E-state index contributed by atoms with van der Waals surface area (Å²) < 4.78 is 27.6. The highest BCUT2D eigenvalue weighted by Gasteiger charge is 2.13. The highest BCUT2D eigenvalue weighted by atomic mass is 35.7. The SMILES string of the molecule is CCN(CC)c1cccc(OC(=O)NS(=O)(=O)Cl)c1. The Morgan fingerprint density at radius 2 is 2.00 bits per heavy atom. The number of halogens is 1. The maximum Gasteiger partial charge on any atom is 0.427 e. The molecular weight excluding hydrogens is 292 g/mol. The lowest BCUT2D eigenvalue weighted by Crippen LogP contribution is -2.29. The largest absolute Gasteiger partial charge is 0.427 e. The Morgan fingerprint density at radius 1 is 1.37 bits per heavy atom. The Kier molecular flexibility index (Phi) is 5.44. The Bertz CT molecular complexity index is 543. The average molecular weight is 307 g/mol. The lowest BCUT2D eigenvalue weighted by Gasteiger charge is -2.21. The monoisotopic (exact) mass is 306 g/mol. The van der Waals surface area contributed by atoms with Gasteiger partial charge in [-0.3, -0.25) is 0 Å². The molecule has 0 saturated carbocycles. The molecule has 0 saturated heterocycles. The fourth-order valence-electron chi connectivity index (χ4n) is 1.56. The molecule has 1 rings (SSSR count). The Labute approximate surface area is 116 Å². The molecule has 1 N–H and O–H groups in total. The van der Waals surface area contributed by atoms with E-state index in [0.29, 0.717) is 0 Å². The minimum atomic E-state index is -4.14. The molecule has 0 atom stereocenters. The van der Waals surface area contributed by atoms with E-state index in [1.54, 1.807) is 18.2 Å². The van der Waals surface area contributed by atoms with Crippen LogP contribution in [0.5, 0.6) is 5.75 Å². The van der Waals surface area contributed by atoms with Gasteiger partial charge in [-0.1, -0.05) is 6.07 Å². The van der Waals surface area contributed by atoms with Crippen LogP contribution in [0, 0.1) is 0 Å². The molecule has 6 nitrogen and oxygen atoms in total. The van der Waals surface area contributed by atoms with E-state index in [1.165, 1.54) is 4.72 Å². The molecule has 0 heterocycles. The molecule has 0 fully saturated rings. The van der Waals surface area contributed by atoms with Crippen molar-refractivity contribution in [2.24, 2.45) is 0 Å². The van der Waals surface area contributed by atoms with E-state index in [1.807, 2.05) is 19.9 Å². The third-order valence-corrected chi connectivity index (χ3v) is 3.00. The number of benzene rings is 1. The van der Waals surface area contributed by atoms with Crippen LogP contribution < -0.4 is 14.4 Å². The van der Waals surface area contributed by atoms with Crippen molar-refractivity contribution in [3.05, 3.63) is 24.3 Å². The van der Waals surface area contributed by atoms with Crippen molar-refractivity contribution >= 4 is 31.7 Å². The summed E-state index contributed by atoms with van der Waals surface area (Å²) in [7, 11) is 0.731. The summed E-state index contributed by atoms with van der Waals surface area (Å²) in [4.78, 5) is 13.3. The smallest absolute Gasteiger partial charge is 0.410 e. The van der Waals surface area contributed by atoms with Crippen molar-refractivity contribution in [3.8, 4) is 5.75 Å². The van der Waals surface area contributed by atoms with Crippen LogP contribution in [0.25, 0.3) is 0 Å². The van der Waals surface area contributed by atoms with Crippen molar-refractivity contribution in [1.29, 1.82) is 0 Å². The molecule has 0 radical (unpaired) electrons. The summed E-state index contributed by atoms with van der Waals surface area (Å²) >= 11 is 0. The average Bonchev–Trinajstić information content (AvgIpc) is 2.28. The highest BCUT2D eigenvalue weighted by molar-refractivity contribution is 8.12. The zero-order valence-corrected chi connectivity index (χ0v) is 12.2. The Morgan fingerprint density at radius 3 is 2.53 bits per heavy atom. The molecule has 0 aliphatic carbocycles. The first-order chi connectivity index (χ1) is 8.85. The molecule has 0 spiro atoms. The Hall–Kier alpha value is -1.47. The maximum absolute atomic E-state index is 11.2. The second-order valence-electron chi connectivity index (χ2n) is 3.60. The van der Waals surface area contributed by atoms with Crippen LogP contribution in [0.3, 0.4) is 0 Å². The van der Waals surface area contributed by atoms with E-state index in [9.17, 15) is 13.2 Å². The summed E-state index contributed by atoms with van der Waals surface area (Å²) in [6.45, 7) is 5.62. The third-order valence-electron chi connectivity index (χ3n) is 2.36. The quantitative estimate of drug-likeness (QED) is 0.843. The van der Waals surface area contributed by atoms with Crippen molar-refractivity contribution in [2.75, 3.05) is 18.0 Å². The van der Waals surface area contributed by atoms with Gasteiger partial charge in [0, 0.05) is 35.5 Å². The van der Waals surface area contributed by atoms with E-state index in [4.69, 9.17) is 15.4 Å². The highest BCUT2D eigenvalue weighted by Crippen LogP contribution is 2.21. The van der Waals surface area contributed by atoms with Crippen molar-refractivity contribution in [1.82, 2.24) is 4.72 Å². The predicted molar refractivity (Wildman–Crippen MR) is 73.9 cm³/mol. The van der Waals surface area contributed by atoms with Crippen LogP contribution in [-0.4, -0.2) is 27.6 Å². The van der Waals surface area contributed by atoms with Crippen LogP contribution in [0.1, 0.15) is 13.8 Å². The molecule has 106 valence electrons. The van der Waals surface area contributed by atoms with E-state index >= 15 is 0 Å². The lowest BCUT2D eigenvalue weighted by molar-refractivity contribution is 0.207. The molecule has 0 aliphatic heterocycles. The number of amides is 1. The van der Waals surface area contributed by atoms with Crippen molar-refractivity contribution in [3.63, 3.8) is 0 Å². The van der Waals surface area contributed by atoms with Gasteiger partial charge in [0.25, 0.3) is 0 Å². The molecule has 1 aromatic carbocycles. The lowest BCUT2D eigenvalue weighted by atomic mass is 10.2. The molecule has 1 amide bonds. The number of rotatable bonds is 5. The first-order valence-corrected chi connectivity index (χ1v) is 7.96. The van der Waals surface area contributed by atoms with Crippen LogP contribution in [-0.2, 0) is 9.24 Å². The fraction of sp³-hybridized carbons (Fsp3) is 0.364. The normalized spacial score (nSPS) is 10.9. The third kappa shape index (κ3) is 5.35. The standard InChI is InChI=1S/C11H15ClN2O4S/c1-3-14(4-2)9-6-5-7-10(8-9)18-11(15)13-19(12,16)17/h5-8H,3-4H2,1-2H3,(H,13,15). The van der Waals surface area contributed by atoms with Gasteiger partial charge in [-0.05, 0) is 26.0 Å². The van der Waals surface area contributed by atoms with Crippen LogP contribution in [0.4, 0.5) is 10.5 Å². The number of anilines is 1. The number of hydrogen-bond acceptors (Lipinski definition) is 5. The van der Waals surface area contributed by atoms with Crippen LogP contribution in [0.15, 0.2) is 24.3 Å². The minimum absolute atomic E-state index is 0.238. The van der Waals surface area contributed by atoms with Gasteiger partial charge in [0.05, 0.1) is 0 Å². The second-order valence-corrected chi connectivity index (χ2v) is 5.90. The number of carbonyl (C=O) groups excluding carboxylic acids is 1. The molecule has 0 aromatic heterocycles. The van der Waals surface area contributed by atoms with Gasteiger partial charge in [-0.2, -0.15) is 8.42 Å². The van der Waals surface area contributed by atoms with Gasteiger partial charge >= 0.3 is 15.3 Å². The topological polar surface area (TPSA) is 75.7 Å². The summed E-state index contributed by atoms with van der Waals surface area (Å²) in [5.74, 6) is 0.238. The van der Waals surface area contributed by atoms with Gasteiger partial charge in [0.2, 0.25) is 0 Å². The van der Waals surface area contributed by atoms with Gasteiger partial charge in [0.15, 0.2) is 0 Å². The predicted octanol–water partition coefficient (Wildman–Crippen LogP) is 2.10. The zero-order valence-electron chi connectivity index (χ0n) is 10.6. The number of ether oxygens (including phenoxy) is 1. The number of carbonyl (C=O) groups is 1. The minimum Gasteiger partial charge on any atom is -0.410 e. The zero-order chi connectivity index (χ0) is 14.5. The second kappa shape index (κ2) is 6.63. The first kappa shape index (κ1) is 15.6. The van der Waals surface area contributed by atoms with Crippen molar-refractivity contribution < 1.29 is 17.9 Å². The maximum atomic E-state index is 11.2. The molecular formula is C11H15ClN2O4S. The van der Waals surface area contributed by atoms with E-state index in [2.05, 4.69) is 4.90 Å². The Balaban J connectivity index is 2.80.